The maximum absolute atomic E-state index is 12.6. The Morgan fingerprint density at radius 1 is 1.20 bits per heavy atom. The van der Waals surface area contributed by atoms with Crippen LogP contribution < -0.4 is 5.32 Å². The average Bonchev–Trinajstić information content (AvgIpc) is 2.96. The van der Waals surface area contributed by atoms with Crippen LogP contribution in [0.15, 0.2) is 51.8 Å². The van der Waals surface area contributed by atoms with E-state index >= 15 is 0 Å². The number of aromatic hydroxyl groups is 1. The zero-order valence-corrected chi connectivity index (χ0v) is 18.5. The average molecular weight is 507 g/mol. The molecule has 0 spiro atoms. The number of halogens is 1. The van der Waals surface area contributed by atoms with Gasteiger partial charge in [0.2, 0.25) is 5.91 Å². The second-order valence-electron chi connectivity index (χ2n) is 6.22. The summed E-state index contributed by atoms with van der Waals surface area (Å²) in [6, 6.07) is 11.2. The lowest BCUT2D eigenvalue weighted by molar-refractivity contribution is -0.122. The van der Waals surface area contributed by atoms with Gasteiger partial charge in [0, 0.05) is 23.1 Å². The number of carbonyl (C=O) groups is 3. The first-order valence-corrected chi connectivity index (χ1v) is 10.6. The minimum atomic E-state index is -1.31. The largest absolute Gasteiger partial charge is 0.507 e. The number of amides is 2. The summed E-state index contributed by atoms with van der Waals surface area (Å²) in [7, 11) is 0. The number of nitrogens with zero attached hydrogens (tertiary/aromatic N) is 1. The molecule has 1 aliphatic rings. The van der Waals surface area contributed by atoms with E-state index in [0.717, 1.165) is 16.1 Å². The summed E-state index contributed by atoms with van der Waals surface area (Å²) in [6.07, 6.45) is 1.72. The van der Waals surface area contributed by atoms with Crippen molar-refractivity contribution >= 4 is 73.8 Å². The van der Waals surface area contributed by atoms with E-state index in [1.54, 1.807) is 6.08 Å². The summed E-state index contributed by atoms with van der Waals surface area (Å²) in [5.74, 6) is -2.38. The maximum atomic E-state index is 12.6. The van der Waals surface area contributed by atoms with E-state index in [0.29, 0.717) is 9.23 Å². The molecule has 0 atom stereocenters. The van der Waals surface area contributed by atoms with E-state index in [2.05, 4.69) is 21.2 Å². The summed E-state index contributed by atoms with van der Waals surface area (Å²) in [5.41, 5.74) is 0.775. The van der Waals surface area contributed by atoms with E-state index in [9.17, 15) is 19.5 Å². The molecule has 0 unspecified atom stereocenters. The van der Waals surface area contributed by atoms with Gasteiger partial charge in [-0.1, -0.05) is 52.0 Å². The molecule has 154 valence electrons. The van der Waals surface area contributed by atoms with E-state index in [4.69, 9.17) is 17.3 Å². The highest BCUT2D eigenvalue weighted by Crippen LogP contribution is 2.32. The molecule has 3 rings (SSSR count). The second-order valence-corrected chi connectivity index (χ2v) is 8.81. The molecule has 10 heteroatoms. The van der Waals surface area contributed by atoms with Gasteiger partial charge in [-0.3, -0.25) is 14.5 Å². The Balaban J connectivity index is 1.61. The van der Waals surface area contributed by atoms with Gasteiger partial charge in [-0.05, 0) is 42.0 Å². The van der Waals surface area contributed by atoms with E-state index in [-0.39, 0.29) is 30.1 Å². The minimum absolute atomic E-state index is 0.0265. The van der Waals surface area contributed by atoms with Crippen LogP contribution in [0.25, 0.3) is 6.08 Å². The summed E-state index contributed by atoms with van der Waals surface area (Å²) in [6.45, 7) is 0.0953. The third-order valence-corrected chi connectivity index (χ3v) is 6.02. The van der Waals surface area contributed by atoms with Gasteiger partial charge in [0.05, 0.1) is 4.91 Å². The normalized spacial score (nSPS) is 15.0. The van der Waals surface area contributed by atoms with Gasteiger partial charge in [-0.15, -0.1) is 0 Å². The highest BCUT2D eigenvalue weighted by atomic mass is 79.9. The zero-order valence-electron chi connectivity index (χ0n) is 15.3. The fourth-order valence-electron chi connectivity index (χ4n) is 2.63. The predicted molar refractivity (Wildman–Crippen MR) is 122 cm³/mol. The molecule has 1 heterocycles. The molecule has 7 nitrogen and oxygen atoms in total. The number of carboxylic acids is 1. The van der Waals surface area contributed by atoms with Crippen LogP contribution in [0, 0.1) is 0 Å². The van der Waals surface area contributed by atoms with Crippen molar-refractivity contribution < 1.29 is 24.6 Å². The number of hydrogen-bond acceptors (Lipinski definition) is 6. The fraction of sp³-hybridized carbons (Fsp3) is 0.100. The van der Waals surface area contributed by atoms with Crippen molar-refractivity contribution in [2.75, 3.05) is 11.9 Å². The lowest BCUT2D eigenvalue weighted by Gasteiger charge is -2.14. The van der Waals surface area contributed by atoms with Crippen LogP contribution in [0.1, 0.15) is 22.3 Å². The highest BCUT2D eigenvalue weighted by molar-refractivity contribution is 9.10. The predicted octanol–water partition coefficient (Wildman–Crippen LogP) is 4.08. The van der Waals surface area contributed by atoms with Crippen LogP contribution in [0.3, 0.4) is 0 Å². The molecule has 0 radical (unpaired) electrons. The monoisotopic (exact) mass is 506 g/mol. The molecule has 0 aromatic heterocycles. The number of hydrogen-bond donors (Lipinski definition) is 3. The number of carboxylic acid groups (broad SMARTS) is 1. The zero-order chi connectivity index (χ0) is 21.8. The van der Waals surface area contributed by atoms with Crippen molar-refractivity contribution in [1.82, 2.24) is 4.90 Å². The third kappa shape index (κ3) is 5.26. The standard InChI is InChI=1S/C20H15BrN2O5S2/c21-12-3-1-11(2-4-12)9-16-18(26)23(20(29)30-16)8-7-17(25)22-13-5-6-15(24)14(10-13)19(27)28/h1-6,9-10,24H,7-8H2,(H,22,25)(H,27,28)/b16-9-. The molecule has 0 aliphatic carbocycles. The molecular weight excluding hydrogens is 492 g/mol. The van der Waals surface area contributed by atoms with Crippen LogP contribution in [-0.2, 0) is 9.59 Å². The molecule has 2 aromatic carbocycles. The number of benzene rings is 2. The second kappa shape index (κ2) is 9.41. The molecule has 1 aliphatic heterocycles. The quantitative estimate of drug-likeness (QED) is 0.307. The van der Waals surface area contributed by atoms with Crippen molar-refractivity contribution in [2.24, 2.45) is 0 Å². The van der Waals surface area contributed by atoms with Crippen LogP contribution >= 0.6 is 39.9 Å². The number of anilines is 1. The molecule has 2 amide bonds. The third-order valence-electron chi connectivity index (χ3n) is 4.11. The number of aromatic carboxylic acids is 1. The molecule has 30 heavy (non-hydrogen) atoms. The van der Waals surface area contributed by atoms with Crippen LogP contribution in [-0.4, -0.2) is 43.8 Å². The number of nitrogens with one attached hydrogen (secondary N) is 1. The SMILES string of the molecule is O=C(CCN1C(=O)/C(=C/c2ccc(Br)cc2)SC1=S)Nc1ccc(O)c(C(=O)O)c1. The van der Waals surface area contributed by atoms with Crippen molar-refractivity contribution in [3.05, 3.63) is 63.0 Å². The molecule has 0 saturated carbocycles. The van der Waals surface area contributed by atoms with Gasteiger partial charge in [0.1, 0.15) is 15.6 Å². The Labute approximate surface area is 189 Å². The first-order valence-electron chi connectivity index (χ1n) is 8.61. The van der Waals surface area contributed by atoms with Crippen molar-refractivity contribution in [3.63, 3.8) is 0 Å². The Morgan fingerprint density at radius 3 is 2.57 bits per heavy atom. The van der Waals surface area contributed by atoms with Gasteiger partial charge >= 0.3 is 5.97 Å². The smallest absolute Gasteiger partial charge is 0.339 e. The fourth-order valence-corrected chi connectivity index (χ4v) is 4.20. The summed E-state index contributed by atoms with van der Waals surface area (Å²) < 4.78 is 1.30. The van der Waals surface area contributed by atoms with E-state index < -0.39 is 17.6 Å². The Morgan fingerprint density at radius 2 is 1.90 bits per heavy atom. The van der Waals surface area contributed by atoms with Crippen molar-refractivity contribution in [2.45, 2.75) is 6.42 Å². The van der Waals surface area contributed by atoms with Crippen molar-refractivity contribution in [3.8, 4) is 5.75 Å². The number of carbonyl (C=O) groups excluding carboxylic acids is 2. The first kappa shape index (κ1) is 22.0. The van der Waals surface area contributed by atoms with Gasteiger partial charge < -0.3 is 15.5 Å². The van der Waals surface area contributed by atoms with E-state index in [1.165, 1.54) is 28.8 Å². The Kier molecular flexibility index (Phi) is 6.91. The highest BCUT2D eigenvalue weighted by Gasteiger charge is 2.32. The van der Waals surface area contributed by atoms with Gasteiger partial charge in [-0.25, -0.2) is 4.79 Å². The molecule has 2 aromatic rings. The number of thioether (sulfide) groups is 1. The number of rotatable bonds is 6. The van der Waals surface area contributed by atoms with Gasteiger partial charge in [0.15, 0.2) is 0 Å². The topological polar surface area (TPSA) is 107 Å². The lowest BCUT2D eigenvalue weighted by Crippen LogP contribution is -2.31. The number of phenols is 1. The maximum Gasteiger partial charge on any atom is 0.339 e. The molecule has 3 N–H and O–H groups in total. The molecular formula is C20H15BrN2O5S2. The van der Waals surface area contributed by atoms with E-state index in [1.807, 2.05) is 24.3 Å². The van der Waals surface area contributed by atoms with Gasteiger partial charge in [0.25, 0.3) is 5.91 Å². The van der Waals surface area contributed by atoms with Crippen LogP contribution in [0.4, 0.5) is 5.69 Å². The summed E-state index contributed by atoms with van der Waals surface area (Å²) in [5, 5.41) is 21.1. The molecule has 1 saturated heterocycles. The van der Waals surface area contributed by atoms with Gasteiger partial charge in [-0.2, -0.15) is 0 Å². The number of thiocarbonyl (C=S) groups is 1. The Hall–Kier alpha value is -2.69. The Bertz CT molecular complexity index is 1070. The molecule has 0 bridgehead atoms. The van der Waals surface area contributed by atoms with Crippen LogP contribution in [0.5, 0.6) is 5.75 Å². The lowest BCUT2D eigenvalue weighted by atomic mass is 10.1. The van der Waals surface area contributed by atoms with Crippen LogP contribution in [0.2, 0.25) is 0 Å². The van der Waals surface area contributed by atoms with Crippen molar-refractivity contribution in [1.29, 1.82) is 0 Å². The first-order chi connectivity index (χ1) is 14.2. The summed E-state index contributed by atoms with van der Waals surface area (Å²) >= 11 is 9.80. The summed E-state index contributed by atoms with van der Waals surface area (Å²) in [4.78, 5) is 37.8. The minimum Gasteiger partial charge on any atom is -0.507 e. The molecule has 1 fully saturated rings.